The van der Waals surface area contributed by atoms with E-state index in [4.69, 9.17) is 0 Å². The Kier molecular flexibility index (Phi) is 5.77. The molecule has 12 heavy (non-hydrogen) atoms. The average molecular weight is 171 g/mol. The molecule has 0 aliphatic carbocycles. The molecule has 1 amide bonds. The maximum atomic E-state index is 10.5. The van der Waals surface area contributed by atoms with Crippen LogP contribution in [-0.2, 0) is 4.79 Å². The molecular formula is C10H21NO. The van der Waals surface area contributed by atoms with E-state index in [1.807, 2.05) is 18.7 Å². The van der Waals surface area contributed by atoms with Crippen LogP contribution in [0.2, 0.25) is 0 Å². The molecule has 0 atom stereocenters. The summed E-state index contributed by atoms with van der Waals surface area (Å²) in [5, 5.41) is 0. The van der Waals surface area contributed by atoms with Gasteiger partial charge in [0.15, 0.2) is 0 Å². The quantitative estimate of drug-likeness (QED) is 0.561. The smallest absolute Gasteiger partial charge is 0.209 e. The summed E-state index contributed by atoms with van der Waals surface area (Å²) in [6.45, 7) is 9.41. The molecule has 0 unspecified atom stereocenters. The number of rotatable bonds is 6. The van der Waals surface area contributed by atoms with E-state index in [0.29, 0.717) is 6.04 Å². The van der Waals surface area contributed by atoms with Gasteiger partial charge in [-0.05, 0) is 32.6 Å². The summed E-state index contributed by atoms with van der Waals surface area (Å²) in [7, 11) is 0. The van der Waals surface area contributed by atoms with E-state index in [0.717, 1.165) is 25.3 Å². The fourth-order valence-corrected chi connectivity index (χ4v) is 1.11. The lowest BCUT2D eigenvalue weighted by atomic mass is 10.1. The Labute approximate surface area is 75.9 Å². The molecule has 0 fully saturated rings. The predicted octanol–water partition coefficient (Wildman–Crippen LogP) is 2.29. The van der Waals surface area contributed by atoms with Gasteiger partial charge in [-0.2, -0.15) is 0 Å². The number of nitrogens with zero attached hydrogens (tertiary/aromatic N) is 1. The highest BCUT2D eigenvalue weighted by Crippen LogP contribution is 2.05. The zero-order valence-electron chi connectivity index (χ0n) is 8.71. The van der Waals surface area contributed by atoms with Crippen LogP contribution in [0.1, 0.15) is 40.5 Å². The van der Waals surface area contributed by atoms with Crippen molar-refractivity contribution in [1.82, 2.24) is 4.90 Å². The molecule has 0 aromatic carbocycles. The van der Waals surface area contributed by atoms with Crippen molar-refractivity contribution in [2.45, 2.75) is 46.6 Å². The van der Waals surface area contributed by atoms with E-state index in [9.17, 15) is 4.79 Å². The van der Waals surface area contributed by atoms with E-state index >= 15 is 0 Å². The highest BCUT2D eigenvalue weighted by atomic mass is 16.1. The van der Waals surface area contributed by atoms with Gasteiger partial charge >= 0.3 is 0 Å². The zero-order chi connectivity index (χ0) is 9.56. The van der Waals surface area contributed by atoms with Gasteiger partial charge in [0, 0.05) is 12.6 Å². The lowest BCUT2D eigenvalue weighted by Crippen LogP contribution is -2.30. The number of carbonyl (C=O) groups is 1. The fourth-order valence-electron chi connectivity index (χ4n) is 1.11. The second-order valence-electron chi connectivity index (χ2n) is 3.97. The normalized spacial score (nSPS) is 10.8. The summed E-state index contributed by atoms with van der Waals surface area (Å²) in [5.74, 6) is 0.741. The third-order valence-electron chi connectivity index (χ3n) is 2.00. The molecule has 0 spiro atoms. The van der Waals surface area contributed by atoms with E-state index in [1.54, 1.807) is 0 Å². The van der Waals surface area contributed by atoms with Crippen LogP contribution < -0.4 is 0 Å². The molecule has 2 nitrogen and oxygen atoms in total. The minimum atomic E-state index is 0.342. The first-order valence-electron chi connectivity index (χ1n) is 4.79. The second-order valence-corrected chi connectivity index (χ2v) is 3.97. The Morgan fingerprint density at radius 1 is 1.25 bits per heavy atom. The van der Waals surface area contributed by atoms with Crippen LogP contribution in [0.15, 0.2) is 0 Å². The van der Waals surface area contributed by atoms with E-state index < -0.39 is 0 Å². The minimum Gasteiger partial charge on any atom is -0.343 e. The number of hydrogen-bond acceptors (Lipinski definition) is 1. The molecule has 0 aliphatic heterocycles. The number of hydrogen-bond donors (Lipinski definition) is 0. The monoisotopic (exact) mass is 171 g/mol. The van der Waals surface area contributed by atoms with Crippen LogP contribution in [0, 0.1) is 5.92 Å². The number of amides is 1. The van der Waals surface area contributed by atoms with Gasteiger partial charge in [-0.25, -0.2) is 0 Å². The second kappa shape index (κ2) is 6.04. The topological polar surface area (TPSA) is 20.3 Å². The molecule has 0 heterocycles. The summed E-state index contributed by atoms with van der Waals surface area (Å²) in [6, 6.07) is 0.342. The van der Waals surface area contributed by atoms with Gasteiger partial charge in [-0.1, -0.05) is 13.8 Å². The zero-order valence-corrected chi connectivity index (χ0v) is 8.71. The molecule has 0 saturated heterocycles. The van der Waals surface area contributed by atoms with E-state index in [2.05, 4.69) is 13.8 Å². The number of carbonyl (C=O) groups excluding carboxylic acids is 1. The van der Waals surface area contributed by atoms with Gasteiger partial charge in [0.25, 0.3) is 0 Å². The Morgan fingerprint density at radius 2 is 1.83 bits per heavy atom. The third-order valence-corrected chi connectivity index (χ3v) is 2.00. The molecule has 0 aromatic heterocycles. The van der Waals surface area contributed by atoms with Crippen molar-refractivity contribution in [3.8, 4) is 0 Å². The van der Waals surface area contributed by atoms with Gasteiger partial charge in [0.1, 0.15) is 0 Å². The molecule has 72 valence electrons. The van der Waals surface area contributed by atoms with Crippen LogP contribution in [0.25, 0.3) is 0 Å². The highest BCUT2D eigenvalue weighted by Gasteiger charge is 2.05. The van der Waals surface area contributed by atoms with Gasteiger partial charge in [0.2, 0.25) is 6.41 Å². The summed E-state index contributed by atoms with van der Waals surface area (Å²) >= 11 is 0. The van der Waals surface area contributed by atoms with Crippen LogP contribution in [0.3, 0.4) is 0 Å². The van der Waals surface area contributed by atoms with Crippen molar-refractivity contribution in [2.75, 3.05) is 6.54 Å². The Morgan fingerprint density at radius 3 is 2.17 bits per heavy atom. The van der Waals surface area contributed by atoms with Gasteiger partial charge in [-0.15, -0.1) is 0 Å². The molecule has 0 radical (unpaired) electrons. The van der Waals surface area contributed by atoms with Gasteiger partial charge in [-0.3, -0.25) is 4.79 Å². The van der Waals surface area contributed by atoms with Gasteiger partial charge < -0.3 is 4.90 Å². The summed E-state index contributed by atoms with van der Waals surface area (Å²) in [5.41, 5.74) is 0. The third kappa shape index (κ3) is 5.16. The summed E-state index contributed by atoms with van der Waals surface area (Å²) < 4.78 is 0. The average Bonchev–Trinajstić information content (AvgIpc) is 1.96. The molecule has 0 rings (SSSR count). The molecule has 0 saturated carbocycles. The maximum absolute atomic E-state index is 10.5. The molecular weight excluding hydrogens is 150 g/mol. The van der Waals surface area contributed by atoms with Crippen LogP contribution in [-0.4, -0.2) is 23.9 Å². The van der Waals surface area contributed by atoms with Crippen molar-refractivity contribution in [3.63, 3.8) is 0 Å². The first-order chi connectivity index (χ1) is 5.57. The first-order valence-corrected chi connectivity index (χ1v) is 4.79. The van der Waals surface area contributed by atoms with Crippen LogP contribution in [0.5, 0.6) is 0 Å². The van der Waals surface area contributed by atoms with Gasteiger partial charge in [0.05, 0.1) is 0 Å². The molecule has 0 N–H and O–H groups in total. The van der Waals surface area contributed by atoms with E-state index in [-0.39, 0.29) is 0 Å². The molecule has 0 aliphatic rings. The molecule has 0 aromatic rings. The Hall–Kier alpha value is -0.530. The largest absolute Gasteiger partial charge is 0.343 e. The molecule has 2 heteroatoms. The van der Waals surface area contributed by atoms with Crippen molar-refractivity contribution in [3.05, 3.63) is 0 Å². The highest BCUT2D eigenvalue weighted by molar-refractivity contribution is 5.47. The lowest BCUT2D eigenvalue weighted by Gasteiger charge is -2.21. The fraction of sp³-hybridized carbons (Fsp3) is 0.900. The van der Waals surface area contributed by atoms with E-state index in [1.165, 1.54) is 6.42 Å². The Bertz CT molecular complexity index is 121. The van der Waals surface area contributed by atoms with Crippen molar-refractivity contribution in [2.24, 2.45) is 5.92 Å². The van der Waals surface area contributed by atoms with Crippen LogP contribution >= 0.6 is 0 Å². The van der Waals surface area contributed by atoms with Crippen molar-refractivity contribution in [1.29, 1.82) is 0 Å². The summed E-state index contributed by atoms with van der Waals surface area (Å²) in [4.78, 5) is 12.4. The minimum absolute atomic E-state index is 0.342. The van der Waals surface area contributed by atoms with Crippen molar-refractivity contribution < 1.29 is 4.79 Å². The Balaban J connectivity index is 3.52. The predicted molar refractivity (Wildman–Crippen MR) is 52.0 cm³/mol. The molecule has 0 bridgehead atoms. The SMILES string of the molecule is CC(C)CCCN(C=O)C(C)C. The van der Waals surface area contributed by atoms with Crippen LogP contribution in [0.4, 0.5) is 0 Å². The first kappa shape index (κ1) is 11.5. The maximum Gasteiger partial charge on any atom is 0.209 e. The standard InChI is InChI=1S/C10H21NO/c1-9(2)6-5-7-11(8-12)10(3)4/h8-10H,5-7H2,1-4H3. The lowest BCUT2D eigenvalue weighted by molar-refractivity contribution is -0.119. The van der Waals surface area contributed by atoms with Crippen molar-refractivity contribution >= 4 is 6.41 Å². The summed E-state index contributed by atoms with van der Waals surface area (Å²) in [6.07, 6.45) is 3.27.